The minimum atomic E-state index is 0.577. The number of nitrogen functional groups attached to an aromatic ring is 1. The molecule has 16 heavy (non-hydrogen) atoms. The maximum absolute atomic E-state index is 5.72. The fraction of sp³-hybridized carbons (Fsp3) is 0.500. The number of aryl methyl sites for hydroxylation is 2. The van der Waals surface area contributed by atoms with Crippen LogP contribution in [0.5, 0.6) is 0 Å². The smallest absolute Gasteiger partial charge is 0.180 e. The largest absolute Gasteiger partial charge is 0.375 e. The van der Waals surface area contributed by atoms with Gasteiger partial charge in [-0.3, -0.25) is 0 Å². The Morgan fingerprint density at radius 2 is 2.06 bits per heavy atom. The number of rotatable bonds is 2. The molecule has 1 fully saturated rings. The molecule has 2 aromatic rings. The van der Waals surface area contributed by atoms with Crippen LogP contribution in [-0.4, -0.2) is 19.7 Å². The summed E-state index contributed by atoms with van der Waals surface area (Å²) in [7, 11) is 0. The molecule has 6 heteroatoms. The number of aromatic nitrogens is 4. The average molecular weight is 235 g/mol. The summed E-state index contributed by atoms with van der Waals surface area (Å²) in [6.45, 7) is 3.96. The maximum Gasteiger partial charge on any atom is 0.180 e. The highest BCUT2D eigenvalue weighted by Crippen LogP contribution is 2.40. The summed E-state index contributed by atoms with van der Waals surface area (Å²) in [6.07, 6.45) is 2.44. The zero-order chi connectivity index (χ0) is 11.3. The van der Waals surface area contributed by atoms with E-state index in [4.69, 9.17) is 5.73 Å². The minimum absolute atomic E-state index is 0.577. The van der Waals surface area contributed by atoms with Gasteiger partial charge in [-0.15, -0.1) is 10.2 Å². The molecule has 1 aliphatic carbocycles. The van der Waals surface area contributed by atoms with Gasteiger partial charge >= 0.3 is 0 Å². The van der Waals surface area contributed by atoms with Crippen molar-refractivity contribution in [3.05, 3.63) is 11.5 Å². The molecule has 1 saturated carbocycles. The zero-order valence-corrected chi connectivity index (χ0v) is 10.1. The van der Waals surface area contributed by atoms with Gasteiger partial charge in [0.25, 0.3) is 0 Å². The van der Waals surface area contributed by atoms with Crippen LogP contribution in [0.1, 0.15) is 30.4 Å². The highest BCUT2D eigenvalue weighted by Gasteiger charge is 2.29. The fourth-order valence-electron chi connectivity index (χ4n) is 1.92. The number of nitrogens with two attached hydrogens (primary N) is 1. The average Bonchev–Trinajstić information content (AvgIpc) is 2.91. The molecule has 2 heterocycles. The third kappa shape index (κ3) is 1.41. The topological polar surface area (TPSA) is 69.6 Å². The van der Waals surface area contributed by atoms with Crippen LogP contribution in [0, 0.1) is 13.8 Å². The minimum Gasteiger partial charge on any atom is -0.375 e. The first-order valence-corrected chi connectivity index (χ1v) is 6.13. The van der Waals surface area contributed by atoms with Crippen LogP contribution < -0.4 is 5.73 Å². The second-order valence-corrected chi connectivity index (χ2v) is 5.17. The van der Waals surface area contributed by atoms with Crippen molar-refractivity contribution >= 4 is 16.5 Å². The summed E-state index contributed by atoms with van der Waals surface area (Å²) >= 11 is 1.48. The van der Waals surface area contributed by atoms with Gasteiger partial charge in [0.05, 0.1) is 10.6 Å². The monoisotopic (exact) mass is 235 g/mol. The molecule has 0 spiro atoms. The van der Waals surface area contributed by atoms with Crippen LogP contribution in [0.4, 0.5) is 5.13 Å². The molecule has 1 aliphatic rings. The Hall–Kier alpha value is -1.43. The first-order valence-electron chi connectivity index (χ1n) is 5.31. The summed E-state index contributed by atoms with van der Waals surface area (Å²) < 4.78 is 2.21. The summed E-state index contributed by atoms with van der Waals surface area (Å²) in [5.41, 5.74) is 6.66. The lowest BCUT2D eigenvalue weighted by Crippen LogP contribution is -1.99. The van der Waals surface area contributed by atoms with E-state index in [0.717, 1.165) is 22.2 Å². The van der Waals surface area contributed by atoms with Gasteiger partial charge in [-0.2, -0.15) is 0 Å². The van der Waals surface area contributed by atoms with E-state index in [9.17, 15) is 0 Å². The van der Waals surface area contributed by atoms with Crippen molar-refractivity contribution in [2.75, 3.05) is 5.73 Å². The summed E-state index contributed by atoms with van der Waals surface area (Å²) in [4.78, 5) is 5.28. The van der Waals surface area contributed by atoms with Gasteiger partial charge in [-0.05, 0) is 26.7 Å². The van der Waals surface area contributed by atoms with Crippen molar-refractivity contribution in [2.24, 2.45) is 0 Å². The van der Waals surface area contributed by atoms with E-state index in [1.165, 1.54) is 24.2 Å². The van der Waals surface area contributed by atoms with Gasteiger partial charge in [0.1, 0.15) is 5.82 Å². The number of anilines is 1. The van der Waals surface area contributed by atoms with Crippen LogP contribution in [0.25, 0.3) is 10.7 Å². The number of thiazole rings is 1. The molecule has 2 N–H and O–H groups in total. The fourth-order valence-corrected chi connectivity index (χ4v) is 2.73. The predicted molar refractivity (Wildman–Crippen MR) is 63.3 cm³/mol. The van der Waals surface area contributed by atoms with Gasteiger partial charge < -0.3 is 10.3 Å². The van der Waals surface area contributed by atoms with Crippen molar-refractivity contribution in [2.45, 2.75) is 32.7 Å². The third-order valence-electron chi connectivity index (χ3n) is 2.79. The lowest BCUT2D eigenvalue weighted by atomic mass is 10.3. The predicted octanol–water partition coefficient (Wildman–Crippen LogP) is 1.94. The van der Waals surface area contributed by atoms with Crippen LogP contribution in [0.15, 0.2) is 0 Å². The molecule has 0 aromatic carbocycles. The van der Waals surface area contributed by atoms with Gasteiger partial charge in [-0.25, -0.2) is 4.98 Å². The molecule has 84 valence electrons. The molecule has 0 amide bonds. The second-order valence-electron chi connectivity index (χ2n) is 4.14. The van der Waals surface area contributed by atoms with Crippen molar-refractivity contribution in [1.82, 2.24) is 19.7 Å². The van der Waals surface area contributed by atoms with E-state index in [0.29, 0.717) is 11.2 Å². The molecule has 0 radical (unpaired) electrons. The highest BCUT2D eigenvalue weighted by atomic mass is 32.1. The van der Waals surface area contributed by atoms with Crippen LogP contribution in [0.2, 0.25) is 0 Å². The Labute approximate surface area is 97.3 Å². The molecule has 0 atom stereocenters. The molecular formula is C10H13N5S. The summed E-state index contributed by atoms with van der Waals surface area (Å²) in [5.74, 6) is 1.90. The lowest BCUT2D eigenvalue weighted by molar-refractivity contribution is 0.718. The van der Waals surface area contributed by atoms with Crippen LogP contribution in [0.3, 0.4) is 0 Å². The number of hydrogen-bond donors (Lipinski definition) is 1. The van der Waals surface area contributed by atoms with Crippen LogP contribution in [-0.2, 0) is 0 Å². The van der Waals surface area contributed by atoms with E-state index in [1.807, 2.05) is 13.8 Å². The number of nitrogens with zero attached hydrogens (tertiary/aromatic N) is 4. The van der Waals surface area contributed by atoms with Gasteiger partial charge in [0.15, 0.2) is 11.0 Å². The standard InChI is InChI=1S/C10H13N5S/c1-5-8(16-10(11)12-5)9-14-13-6(2)15(9)7-3-4-7/h7H,3-4H2,1-2H3,(H2,11,12). The van der Waals surface area contributed by atoms with Gasteiger partial charge in [0.2, 0.25) is 0 Å². The first kappa shape index (κ1) is 9.77. The zero-order valence-electron chi connectivity index (χ0n) is 9.27. The molecule has 0 unspecified atom stereocenters. The van der Waals surface area contributed by atoms with Crippen LogP contribution >= 0.6 is 11.3 Å². The van der Waals surface area contributed by atoms with Crippen molar-refractivity contribution in [3.63, 3.8) is 0 Å². The molecule has 5 nitrogen and oxygen atoms in total. The van der Waals surface area contributed by atoms with E-state index in [2.05, 4.69) is 19.7 Å². The lowest BCUT2D eigenvalue weighted by Gasteiger charge is -2.04. The SMILES string of the molecule is Cc1nc(N)sc1-c1nnc(C)n1C1CC1. The van der Waals surface area contributed by atoms with Crippen molar-refractivity contribution in [1.29, 1.82) is 0 Å². The quantitative estimate of drug-likeness (QED) is 0.863. The Morgan fingerprint density at radius 3 is 2.62 bits per heavy atom. The normalized spacial score (nSPS) is 15.6. The molecular weight excluding hydrogens is 222 g/mol. The van der Waals surface area contributed by atoms with E-state index < -0.39 is 0 Å². The van der Waals surface area contributed by atoms with E-state index >= 15 is 0 Å². The van der Waals surface area contributed by atoms with Gasteiger partial charge in [0, 0.05) is 6.04 Å². The second kappa shape index (κ2) is 3.28. The third-order valence-corrected chi connectivity index (χ3v) is 3.78. The Balaban J connectivity index is 2.15. The summed E-state index contributed by atoms with van der Waals surface area (Å²) in [6, 6.07) is 0.577. The highest BCUT2D eigenvalue weighted by molar-refractivity contribution is 7.18. The Bertz CT molecular complexity index is 537. The Kier molecular flexibility index (Phi) is 2.00. The van der Waals surface area contributed by atoms with E-state index in [-0.39, 0.29) is 0 Å². The van der Waals surface area contributed by atoms with Crippen molar-refractivity contribution < 1.29 is 0 Å². The van der Waals surface area contributed by atoms with Crippen molar-refractivity contribution in [3.8, 4) is 10.7 Å². The number of hydrogen-bond acceptors (Lipinski definition) is 5. The maximum atomic E-state index is 5.72. The Morgan fingerprint density at radius 1 is 1.31 bits per heavy atom. The molecule has 0 bridgehead atoms. The first-order chi connectivity index (χ1) is 7.66. The molecule has 2 aromatic heterocycles. The summed E-state index contributed by atoms with van der Waals surface area (Å²) in [5, 5.41) is 9.00. The van der Waals surface area contributed by atoms with E-state index in [1.54, 1.807) is 0 Å². The molecule has 3 rings (SSSR count). The molecule has 0 aliphatic heterocycles. The van der Waals surface area contributed by atoms with Gasteiger partial charge in [-0.1, -0.05) is 11.3 Å². The molecule has 0 saturated heterocycles.